The number of aromatic nitrogens is 1. The molecule has 0 bridgehead atoms. The summed E-state index contributed by atoms with van der Waals surface area (Å²) in [6.07, 6.45) is -5.13. The molecule has 1 aliphatic carbocycles. The number of nitrogens with zero attached hydrogens (tertiary/aromatic N) is 1. The Bertz CT molecular complexity index is 1250. The summed E-state index contributed by atoms with van der Waals surface area (Å²) in [4.78, 5) is 5.80. The molecule has 3 nitrogen and oxygen atoms in total. The van der Waals surface area contributed by atoms with E-state index in [1.807, 2.05) is 0 Å². The maximum absolute atomic E-state index is 13.5. The van der Waals surface area contributed by atoms with Gasteiger partial charge in [0.1, 0.15) is 10.7 Å². The van der Waals surface area contributed by atoms with Crippen LogP contribution in [0.3, 0.4) is 0 Å². The summed E-state index contributed by atoms with van der Waals surface area (Å²) in [7, 11) is 0. The Morgan fingerprint density at radius 2 is 1.78 bits per heavy atom. The summed E-state index contributed by atoms with van der Waals surface area (Å²) in [6, 6.07) is 11.4. The lowest BCUT2D eigenvalue weighted by Gasteiger charge is -2.29. The van der Waals surface area contributed by atoms with Crippen LogP contribution in [0.5, 0.6) is 5.75 Å². The zero-order chi connectivity index (χ0) is 26.8. The van der Waals surface area contributed by atoms with Gasteiger partial charge < -0.3 is 10.1 Å². The van der Waals surface area contributed by atoms with Crippen molar-refractivity contribution in [3.63, 3.8) is 0 Å². The number of benzene rings is 2. The van der Waals surface area contributed by atoms with Gasteiger partial charge in [0, 0.05) is 29.5 Å². The molecule has 37 heavy (non-hydrogen) atoms. The van der Waals surface area contributed by atoms with Crippen LogP contribution in [0.2, 0.25) is 10.0 Å². The van der Waals surface area contributed by atoms with Crippen LogP contribution < -0.4 is 10.1 Å². The second-order valence-corrected chi connectivity index (χ2v) is 10.9. The normalized spacial score (nSPS) is 16.0. The highest BCUT2D eigenvalue weighted by Gasteiger charge is 2.35. The number of rotatable bonds is 7. The molecule has 0 amide bonds. The number of ether oxygens (including phenoxy) is 1. The first-order valence-electron chi connectivity index (χ1n) is 11.4. The smallest absolute Gasteiger partial charge is 0.392 e. The van der Waals surface area contributed by atoms with Crippen LogP contribution in [0.15, 0.2) is 42.5 Å². The Kier molecular flexibility index (Phi) is 8.62. The number of hydrogen-bond acceptors (Lipinski definition) is 4. The molecule has 12 heteroatoms. The van der Waals surface area contributed by atoms with E-state index >= 15 is 0 Å². The van der Waals surface area contributed by atoms with Gasteiger partial charge in [0.25, 0.3) is 0 Å². The molecule has 3 aromatic rings. The molecule has 1 N–H and O–H groups in total. The van der Waals surface area contributed by atoms with Crippen molar-refractivity contribution in [2.24, 2.45) is 0 Å². The highest BCUT2D eigenvalue weighted by molar-refractivity contribution is 7.81. The van der Waals surface area contributed by atoms with Gasteiger partial charge in [-0.1, -0.05) is 35.4 Å². The van der Waals surface area contributed by atoms with Gasteiger partial charge in [-0.15, -0.1) is 11.3 Å². The van der Waals surface area contributed by atoms with E-state index in [4.69, 9.17) is 45.1 Å². The SMILES string of the molecule is FC(F)(F)CCOc1ccc(-c2sc(C(=S)NC3CCC(F)(F)CC3)nc2-c2ccc(Cl)cc2Cl)cc1. The number of nitrogens with one attached hydrogen (secondary N) is 1. The zero-order valence-electron chi connectivity index (χ0n) is 19.2. The lowest BCUT2D eigenvalue weighted by molar-refractivity contribution is -0.139. The number of hydrogen-bond donors (Lipinski definition) is 1. The maximum Gasteiger partial charge on any atom is 0.392 e. The van der Waals surface area contributed by atoms with E-state index in [9.17, 15) is 22.0 Å². The minimum atomic E-state index is -4.29. The molecule has 1 saturated carbocycles. The Labute approximate surface area is 230 Å². The molecular formula is C25H21Cl2F5N2OS2. The summed E-state index contributed by atoms with van der Waals surface area (Å²) >= 11 is 19.4. The van der Waals surface area contributed by atoms with E-state index in [0.717, 1.165) is 10.4 Å². The average molecular weight is 595 g/mol. The maximum atomic E-state index is 13.5. The fourth-order valence-electron chi connectivity index (χ4n) is 3.90. The number of thiocarbonyl (C=S) groups is 1. The van der Waals surface area contributed by atoms with Crippen molar-refractivity contribution in [2.45, 2.75) is 50.2 Å². The Hall–Kier alpha value is -2.01. The predicted molar refractivity (Wildman–Crippen MR) is 141 cm³/mol. The lowest BCUT2D eigenvalue weighted by Crippen LogP contribution is -2.39. The molecule has 198 valence electrons. The van der Waals surface area contributed by atoms with Crippen LogP contribution in [0, 0.1) is 0 Å². The number of thiazole rings is 1. The molecule has 4 rings (SSSR count). The summed E-state index contributed by atoms with van der Waals surface area (Å²) in [6.45, 7) is -0.480. The first-order chi connectivity index (χ1) is 17.4. The monoisotopic (exact) mass is 594 g/mol. The van der Waals surface area contributed by atoms with Crippen molar-refractivity contribution in [2.75, 3.05) is 6.61 Å². The number of halogens is 7. The quantitative estimate of drug-likeness (QED) is 0.219. The van der Waals surface area contributed by atoms with Crippen LogP contribution in [-0.4, -0.2) is 34.7 Å². The Morgan fingerprint density at radius 1 is 1.11 bits per heavy atom. The molecule has 0 aliphatic heterocycles. The highest BCUT2D eigenvalue weighted by Crippen LogP contribution is 2.41. The van der Waals surface area contributed by atoms with Crippen molar-refractivity contribution < 1.29 is 26.7 Å². The predicted octanol–water partition coefficient (Wildman–Crippen LogP) is 8.96. The van der Waals surface area contributed by atoms with E-state index in [1.54, 1.807) is 42.5 Å². The van der Waals surface area contributed by atoms with Gasteiger partial charge in [-0.2, -0.15) is 13.2 Å². The van der Waals surface area contributed by atoms with Gasteiger partial charge in [-0.3, -0.25) is 0 Å². The third kappa shape index (κ3) is 7.52. The van der Waals surface area contributed by atoms with Crippen LogP contribution in [0.1, 0.15) is 37.1 Å². The van der Waals surface area contributed by atoms with Crippen LogP contribution in [-0.2, 0) is 0 Å². The van der Waals surface area contributed by atoms with E-state index in [1.165, 1.54) is 11.3 Å². The summed E-state index contributed by atoms with van der Waals surface area (Å²) in [5, 5.41) is 4.50. The van der Waals surface area contributed by atoms with Crippen molar-refractivity contribution in [1.82, 2.24) is 10.3 Å². The van der Waals surface area contributed by atoms with E-state index in [0.29, 0.717) is 49.9 Å². The molecule has 2 aromatic carbocycles. The summed E-state index contributed by atoms with van der Waals surface area (Å²) in [5.41, 5.74) is 1.90. The van der Waals surface area contributed by atoms with Gasteiger partial charge in [-0.25, -0.2) is 13.8 Å². The second-order valence-electron chi connectivity index (χ2n) is 8.66. The van der Waals surface area contributed by atoms with E-state index in [-0.39, 0.29) is 18.9 Å². The molecule has 1 aromatic heterocycles. The van der Waals surface area contributed by atoms with Crippen molar-refractivity contribution in [3.8, 4) is 27.4 Å². The van der Waals surface area contributed by atoms with Gasteiger partial charge in [0.15, 0.2) is 5.01 Å². The zero-order valence-corrected chi connectivity index (χ0v) is 22.3. The lowest BCUT2D eigenvalue weighted by atomic mass is 9.92. The third-order valence-corrected chi connectivity index (χ3v) is 7.94. The largest absolute Gasteiger partial charge is 0.493 e. The fraction of sp³-hybridized carbons (Fsp3) is 0.360. The molecule has 1 heterocycles. The second kappa shape index (κ2) is 11.4. The van der Waals surface area contributed by atoms with Gasteiger partial charge in [0.2, 0.25) is 5.92 Å². The van der Waals surface area contributed by atoms with Crippen molar-refractivity contribution in [1.29, 1.82) is 0 Å². The minimum absolute atomic E-state index is 0.171. The van der Waals surface area contributed by atoms with Gasteiger partial charge in [0.05, 0.1) is 28.6 Å². The number of alkyl halides is 5. The molecule has 0 unspecified atom stereocenters. The molecule has 0 atom stereocenters. The average Bonchev–Trinajstić information content (AvgIpc) is 3.25. The van der Waals surface area contributed by atoms with Crippen molar-refractivity contribution >= 4 is 51.7 Å². The first-order valence-corrected chi connectivity index (χ1v) is 13.3. The van der Waals surface area contributed by atoms with E-state index < -0.39 is 25.1 Å². The Morgan fingerprint density at radius 3 is 2.41 bits per heavy atom. The van der Waals surface area contributed by atoms with Crippen LogP contribution in [0.4, 0.5) is 22.0 Å². The molecule has 0 saturated heterocycles. The molecule has 0 radical (unpaired) electrons. The highest BCUT2D eigenvalue weighted by atomic mass is 35.5. The molecule has 1 fully saturated rings. The van der Waals surface area contributed by atoms with Crippen LogP contribution in [0.25, 0.3) is 21.7 Å². The topological polar surface area (TPSA) is 34.1 Å². The summed E-state index contributed by atoms with van der Waals surface area (Å²) in [5.74, 6) is -2.34. The van der Waals surface area contributed by atoms with Crippen molar-refractivity contribution in [3.05, 3.63) is 57.5 Å². The van der Waals surface area contributed by atoms with Gasteiger partial charge in [-0.05, 0) is 60.9 Å². The van der Waals surface area contributed by atoms with E-state index in [2.05, 4.69) is 5.32 Å². The minimum Gasteiger partial charge on any atom is -0.493 e. The standard InChI is InChI=1S/C25H21Cl2F5N2OS2/c26-15-3-6-18(19(27)13-15)20-21(14-1-4-17(5-2-14)35-12-11-25(30,31)32)37-23(34-20)22(36)33-16-7-9-24(28,29)10-8-16/h1-6,13,16H,7-12H2,(H,33,36). The molecular weight excluding hydrogens is 574 g/mol. The van der Waals surface area contributed by atoms with Gasteiger partial charge >= 0.3 is 6.18 Å². The Balaban J connectivity index is 1.60. The van der Waals surface area contributed by atoms with Crippen LogP contribution >= 0.6 is 46.8 Å². The third-order valence-electron chi connectivity index (χ3n) is 5.83. The fourth-order valence-corrected chi connectivity index (χ4v) is 5.72. The molecule has 0 spiro atoms. The first kappa shape index (κ1) is 28.0. The summed E-state index contributed by atoms with van der Waals surface area (Å²) < 4.78 is 69.5. The molecule has 1 aliphatic rings.